The van der Waals surface area contributed by atoms with E-state index in [9.17, 15) is 0 Å². The summed E-state index contributed by atoms with van der Waals surface area (Å²) in [4.78, 5) is 0. The summed E-state index contributed by atoms with van der Waals surface area (Å²) < 4.78 is 0. The molecule has 0 rings (SSSR count). The smallest absolute Gasteiger partial charge is 0.145 e. The van der Waals surface area contributed by atoms with Crippen LogP contribution in [0, 0.1) is 0 Å². The highest BCUT2D eigenvalue weighted by atomic mass is 16.5. The minimum atomic E-state index is 0.248. The molecule has 0 heterocycles. The van der Waals surface area contributed by atoms with E-state index >= 15 is 0 Å². The maximum atomic E-state index is 8.30. The number of nitrogens with one attached hydrogen (secondary N) is 2. The Morgan fingerprint density at radius 2 is 1.78 bits per heavy atom. The van der Waals surface area contributed by atoms with Crippen LogP contribution in [-0.4, -0.2) is 10.4 Å². The molecule has 0 aromatic heterocycles. The predicted octanol–water partition coefficient (Wildman–Crippen LogP) is 0.585. The van der Waals surface area contributed by atoms with E-state index in [1.54, 1.807) is 6.92 Å². The molecule has 0 aliphatic rings. The average molecular weight is 132 g/mol. The van der Waals surface area contributed by atoms with Crippen LogP contribution >= 0.6 is 0 Å². The Morgan fingerprint density at radius 1 is 1.33 bits per heavy atom. The fraction of sp³-hybridized carbons (Fsp3) is 0.600. The molecule has 0 fully saturated rings. The largest absolute Gasteiger partial charge is 0.290 e. The van der Waals surface area contributed by atoms with Crippen molar-refractivity contribution in [3.63, 3.8) is 0 Å². The second-order valence-corrected chi connectivity index (χ2v) is 1.73. The summed E-state index contributed by atoms with van der Waals surface area (Å²) in [6.07, 6.45) is 0.774. The van der Waals surface area contributed by atoms with E-state index in [1.807, 2.05) is 17.9 Å². The van der Waals surface area contributed by atoms with Crippen LogP contribution in [0.25, 0.3) is 0 Å². The Morgan fingerprint density at radius 3 is 1.89 bits per heavy atom. The summed E-state index contributed by atoms with van der Waals surface area (Å²) >= 11 is 0. The Balaban J connectivity index is 4.01. The van der Waals surface area contributed by atoms with Gasteiger partial charge in [0.2, 0.25) is 0 Å². The van der Waals surface area contributed by atoms with Crippen molar-refractivity contribution in [1.82, 2.24) is 11.0 Å². The van der Waals surface area contributed by atoms with E-state index in [0.29, 0.717) is 0 Å². The zero-order valence-electron chi connectivity index (χ0n) is 5.60. The molecule has 0 spiro atoms. The lowest BCUT2D eigenvalue weighted by atomic mass is 10.2. The van der Waals surface area contributed by atoms with Crippen LogP contribution in [0.2, 0.25) is 0 Å². The van der Waals surface area contributed by atoms with E-state index in [0.717, 1.165) is 12.0 Å². The molecule has 0 saturated heterocycles. The van der Waals surface area contributed by atoms with Crippen LogP contribution in [0.1, 0.15) is 20.3 Å². The summed E-state index contributed by atoms with van der Waals surface area (Å²) in [6, 6.07) is 0. The van der Waals surface area contributed by atoms with Gasteiger partial charge in [0.25, 0.3) is 0 Å². The zero-order valence-corrected chi connectivity index (χ0v) is 5.60. The van der Waals surface area contributed by atoms with Crippen LogP contribution in [0.4, 0.5) is 0 Å². The van der Waals surface area contributed by atoms with E-state index in [4.69, 9.17) is 10.4 Å². The molecular weight excluding hydrogens is 120 g/mol. The number of rotatable bonds is 3. The summed E-state index contributed by atoms with van der Waals surface area (Å²) in [7, 11) is 0. The van der Waals surface area contributed by atoms with Gasteiger partial charge in [0.05, 0.1) is 0 Å². The van der Waals surface area contributed by atoms with Crippen molar-refractivity contribution in [1.29, 1.82) is 0 Å². The van der Waals surface area contributed by atoms with E-state index in [1.165, 1.54) is 0 Å². The van der Waals surface area contributed by atoms with E-state index in [-0.39, 0.29) is 5.82 Å². The second kappa shape index (κ2) is 4.17. The summed E-state index contributed by atoms with van der Waals surface area (Å²) in [5.74, 6) is 0.248. The van der Waals surface area contributed by atoms with Crippen LogP contribution in [0.15, 0.2) is 11.4 Å². The SMILES string of the molecule is CCC(C)=C(NO)NO. The maximum Gasteiger partial charge on any atom is 0.145 e. The number of hydroxylamine groups is 2. The van der Waals surface area contributed by atoms with Gasteiger partial charge in [-0.15, -0.1) is 0 Å². The third-order valence-corrected chi connectivity index (χ3v) is 1.18. The first-order valence-electron chi connectivity index (χ1n) is 2.76. The predicted molar refractivity (Wildman–Crippen MR) is 32.8 cm³/mol. The molecule has 0 amide bonds. The Hall–Kier alpha value is -0.740. The molecular formula is C5H12N2O2. The van der Waals surface area contributed by atoms with Crippen LogP contribution < -0.4 is 11.0 Å². The van der Waals surface area contributed by atoms with Gasteiger partial charge in [0.1, 0.15) is 5.82 Å². The number of allylic oxidation sites excluding steroid dienone is 1. The minimum absolute atomic E-state index is 0.248. The van der Waals surface area contributed by atoms with Gasteiger partial charge in [-0.3, -0.25) is 21.4 Å². The van der Waals surface area contributed by atoms with Gasteiger partial charge in [0, 0.05) is 0 Å². The molecule has 9 heavy (non-hydrogen) atoms. The Labute approximate surface area is 54.1 Å². The van der Waals surface area contributed by atoms with Gasteiger partial charge in [-0.05, 0) is 18.9 Å². The highest BCUT2D eigenvalue weighted by Gasteiger charge is 1.94. The summed E-state index contributed by atoms with van der Waals surface area (Å²) in [5.41, 5.74) is 4.50. The van der Waals surface area contributed by atoms with Crippen molar-refractivity contribution in [2.24, 2.45) is 0 Å². The molecule has 0 bridgehead atoms. The van der Waals surface area contributed by atoms with Crippen LogP contribution in [0.3, 0.4) is 0 Å². The van der Waals surface area contributed by atoms with Crippen molar-refractivity contribution < 1.29 is 10.4 Å². The molecule has 0 aliphatic heterocycles. The molecule has 0 aliphatic carbocycles. The first-order chi connectivity index (χ1) is 4.26. The monoisotopic (exact) mass is 132 g/mol. The van der Waals surface area contributed by atoms with Crippen LogP contribution in [0.5, 0.6) is 0 Å². The topological polar surface area (TPSA) is 64.5 Å². The molecule has 4 N–H and O–H groups in total. The van der Waals surface area contributed by atoms with Gasteiger partial charge >= 0.3 is 0 Å². The fourth-order valence-corrected chi connectivity index (χ4v) is 0.393. The lowest BCUT2D eigenvalue weighted by Crippen LogP contribution is -2.22. The van der Waals surface area contributed by atoms with Crippen molar-refractivity contribution in [2.75, 3.05) is 0 Å². The van der Waals surface area contributed by atoms with Gasteiger partial charge < -0.3 is 0 Å². The lowest BCUT2D eigenvalue weighted by molar-refractivity contribution is 0.122. The molecule has 0 saturated carbocycles. The molecule has 54 valence electrons. The lowest BCUT2D eigenvalue weighted by Gasteiger charge is -2.05. The molecule has 0 aromatic carbocycles. The summed E-state index contributed by atoms with van der Waals surface area (Å²) in [5, 5.41) is 16.6. The highest BCUT2D eigenvalue weighted by Crippen LogP contribution is 1.99. The fourth-order valence-electron chi connectivity index (χ4n) is 0.393. The average Bonchev–Trinajstić information content (AvgIpc) is 1.90. The maximum absolute atomic E-state index is 8.30. The Bertz CT molecular complexity index is 106. The van der Waals surface area contributed by atoms with Gasteiger partial charge in [-0.1, -0.05) is 6.92 Å². The minimum Gasteiger partial charge on any atom is -0.290 e. The molecule has 0 radical (unpaired) electrons. The third kappa shape index (κ3) is 2.34. The molecule has 4 nitrogen and oxygen atoms in total. The normalized spacial score (nSPS) is 8.44. The van der Waals surface area contributed by atoms with Crippen molar-refractivity contribution in [3.8, 4) is 0 Å². The number of hydrogen-bond donors (Lipinski definition) is 4. The van der Waals surface area contributed by atoms with Crippen LogP contribution in [-0.2, 0) is 0 Å². The van der Waals surface area contributed by atoms with Gasteiger partial charge in [0.15, 0.2) is 0 Å². The second-order valence-electron chi connectivity index (χ2n) is 1.73. The van der Waals surface area contributed by atoms with E-state index < -0.39 is 0 Å². The first kappa shape index (κ1) is 8.26. The summed E-state index contributed by atoms with van der Waals surface area (Å²) in [6.45, 7) is 3.71. The van der Waals surface area contributed by atoms with E-state index in [2.05, 4.69) is 0 Å². The van der Waals surface area contributed by atoms with Crippen molar-refractivity contribution >= 4 is 0 Å². The van der Waals surface area contributed by atoms with Crippen molar-refractivity contribution in [3.05, 3.63) is 11.4 Å². The third-order valence-electron chi connectivity index (χ3n) is 1.18. The highest BCUT2D eigenvalue weighted by molar-refractivity contribution is 5.04. The van der Waals surface area contributed by atoms with Gasteiger partial charge in [-0.2, -0.15) is 0 Å². The number of hydrogen-bond acceptors (Lipinski definition) is 4. The molecule has 0 aromatic rings. The molecule has 0 atom stereocenters. The van der Waals surface area contributed by atoms with Gasteiger partial charge in [-0.25, -0.2) is 0 Å². The quantitative estimate of drug-likeness (QED) is 0.424. The Kier molecular flexibility index (Phi) is 3.83. The first-order valence-corrected chi connectivity index (χ1v) is 2.76. The molecule has 4 heteroatoms. The zero-order chi connectivity index (χ0) is 7.28. The standard InChI is InChI=1S/C5H12N2O2/c1-3-4(2)5(6-8)7-9/h6-9H,3H2,1-2H3. The van der Waals surface area contributed by atoms with Crippen molar-refractivity contribution in [2.45, 2.75) is 20.3 Å². The molecule has 0 unspecified atom stereocenters.